The molecular formula is C11H19N3O3S. The molecule has 0 spiro atoms. The van der Waals surface area contributed by atoms with Gasteiger partial charge < -0.3 is 16.2 Å². The van der Waals surface area contributed by atoms with Crippen LogP contribution in [0.4, 0.5) is 11.4 Å². The molecule has 18 heavy (non-hydrogen) atoms. The lowest BCUT2D eigenvalue weighted by atomic mass is 10.2. The third-order valence-electron chi connectivity index (χ3n) is 2.57. The Labute approximate surface area is 107 Å². The molecule has 102 valence electrons. The average molecular weight is 273 g/mol. The highest BCUT2D eigenvalue weighted by Gasteiger charge is 2.14. The molecular weight excluding hydrogens is 254 g/mol. The second-order valence-corrected chi connectivity index (χ2v) is 5.90. The Hall–Kier alpha value is -1.31. The van der Waals surface area contributed by atoms with Crippen molar-refractivity contribution in [2.75, 3.05) is 24.7 Å². The van der Waals surface area contributed by atoms with E-state index in [-0.39, 0.29) is 17.5 Å². The molecule has 0 bridgehead atoms. The largest absolute Gasteiger partial charge is 0.397 e. The number of nitrogens with one attached hydrogen (secondary N) is 2. The van der Waals surface area contributed by atoms with Crippen LogP contribution < -0.4 is 15.8 Å². The minimum absolute atomic E-state index is 0.00448. The number of nitrogens with two attached hydrogens (primary N) is 1. The second-order valence-electron chi connectivity index (χ2n) is 4.01. The lowest BCUT2D eigenvalue weighted by molar-refractivity contribution is 0.282. The first-order valence-electron chi connectivity index (χ1n) is 5.61. The summed E-state index contributed by atoms with van der Waals surface area (Å²) in [4.78, 5) is 0.151. The van der Waals surface area contributed by atoms with Gasteiger partial charge >= 0.3 is 0 Å². The summed E-state index contributed by atoms with van der Waals surface area (Å²) in [7, 11) is -2.13. The van der Waals surface area contributed by atoms with Gasteiger partial charge in [-0.25, -0.2) is 13.1 Å². The predicted molar refractivity (Wildman–Crippen MR) is 71.9 cm³/mol. The minimum atomic E-state index is -3.48. The molecule has 0 amide bonds. The molecule has 0 aliphatic heterocycles. The first-order chi connectivity index (χ1) is 8.40. The molecule has 0 saturated carbocycles. The van der Waals surface area contributed by atoms with Crippen molar-refractivity contribution >= 4 is 21.4 Å². The molecule has 1 aromatic carbocycles. The Morgan fingerprint density at radius 2 is 2.11 bits per heavy atom. The molecule has 0 fully saturated rings. The van der Waals surface area contributed by atoms with E-state index in [1.807, 2.05) is 6.92 Å². The van der Waals surface area contributed by atoms with E-state index in [0.717, 1.165) is 0 Å². The maximum Gasteiger partial charge on any atom is 0.240 e. The summed E-state index contributed by atoms with van der Waals surface area (Å²) in [5, 5.41) is 11.9. The van der Waals surface area contributed by atoms with Crippen molar-refractivity contribution in [2.24, 2.45) is 0 Å². The maximum absolute atomic E-state index is 11.7. The van der Waals surface area contributed by atoms with Crippen LogP contribution in [0.2, 0.25) is 0 Å². The monoisotopic (exact) mass is 273 g/mol. The van der Waals surface area contributed by atoms with Gasteiger partial charge in [-0.1, -0.05) is 0 Å². The molecule has 0 aromatic heterocycles. The van der Waals surface area contributed by atoms with Crippen molar-refractivity contribution in [3.05, 3.63) is 18.2 Å². The van der Waals surface area contributed by atoms with Gasteiger partial charge in [0.15, 0.2) is 0 Å². The lowest BCUT2D eigenvalue weighted by Gasteiger charge is -2.16. The first kappa shape index (κ1) is 14.7. The summed E-state index contributed by atoms with van der Waals surface area (Å²) in [6, 6.07) is 4.47. The summed E-state index contributed by atoms with van der Waals surface area (Å²) in [6.45, 7) is 1.94. The minimum Gasteiger partial charge on any atom is -0.397 e. The van der Waals surface area contributed by atoms with Crippen molar-refractivity contribution in [1.82, 2.24) is 4.72 Å². The molecule has 7 heteroatoms. The molecule has 1 unspecified atom stereocenters. The normalized spacial score (nSPS) is 13.3. The van der Waals surface area contributed by atoms with E-state index in [1.165, 1.54) is 25.2 Å². The fourth-order valence-corrected chi connectivity index (χ4v) is 2.23. The van der Waals surface area contributed by atoms with E-state index < -0.39 is 10.0 Å². The van der Waals surface area contributed by atoms with Crippen LogP contribution in [0.25, 0.3) is 0 Å². The van der Waals surface area contributed by atoms with Crippen LogP contribution in [0.5, 0.6) is 0 Å². The zero-order valence-corrected chi connectivity index (χ0v) is 11.3. The van der Waals surface area contributed by atoms with E-state index in [1.54, 1.807) is 0 Å². The topological polar surface area (TPSA) is 104 Å². The lowest BCUT2D eigenvalue weighted by Crippen LogP contribution is -2.20. The van der Waals surface area contributed by atoms with Gasteiger partial charge in [-0.3, -0.25) is 0 Å². The van der Waals surface area contributed by atoms with E-state index in [9.17, 15) is 8.42 Å². The van der Waals surface area contributed by atoms with Crippen molar-refractivity contribution in [3.8, 4) is 0 Å². The Bertz CT molecular complexity index is 502. The van der Waals surface area contributed by atoms with E-state index in [4.69, 9.17) is 10.8 Å². The summed E-state index contributed by atoms with van der Waals surface area (Å²) >= 11 is 0. The van der Waals surface area contributed by atoms with Crippen LogP contribution in [0.3, 0.4) is 0 Å². The van der Waals surface area contributed by atoms with Gasteiger partial charge in [-0.15, -0.1) is 0 Å². The van der Waals surface area contributed by atoms with Gasteiger partial charge in [0.1, 0.15) is 0 Å². The zero-order chi connectivity index (χ0) is 13.8. The molecule has 5 N–H and O–H groups in total. The number of hydrogen-bond donors (Lipinski definition) is 4. The van der Waals surface area contributed by atoms with Gasteiger partial charge in [-0.2, -0.15) is 0 Å². The predicted octanol–water partition coefficient (Wildman–Crippen LogP) is 0.360. The average Bonchev–Trinajstić information content (AvgIpc) is 2.32. The summed E-state index contributed by atoms with van der Waals surface area (Å²) in [5.74, 6) is 0. The number of anilines is 2. The van der Waals surface area contributed by atoms with Crippen LogP contribution in [-0.2, 0) is 10.0 Å². The smallest absolute Gasteiger partial charge is 0.240 e. The highest BCUT2D eigenvalue weighted by molar-refractivity contribution is 7.89. The standard InChI is InChI=1S/C11H19N3O3S/c1-8(5-6-15)14-11-7-9(3-4-10(11)12)18(16,17)13-2/h3-4,7-8,13-15H,5-6,12H2,1-2H3. The molecule has 6 nitrogen and oxygen atoms in total. The van der Waals surface area contributed by atoms with Crippen LogP contribution in [0, 0.1) is 0 Å². The summed E-state index contributed by atoms with van der Waals surface area (Å²) < 4.78 is 25.6. The quantitative estimate of drug-likeness (QED) is 0.560. The van der Waals surface area contributed by atoms with Gasteiger partial charge in [0, 0.05) is 12.6 Å². The van der Waals surface area contributed by atoms with Crippen molar-refractivity contribution in [2.45, 2.75) is 24.3 Å². The Balaban J connectivity index is 3.02. The van der Waals surface area contributed by atoms with Crippen LogP contribution in [-0.4, -0.2) is 33.2 Å². The third-order valence-corrected chi connectivity index (χ3v) is 3.98. The van der Waals surface area contributed by atoms with Crippen molar-refractivity contribution < 1.29 is 13.5 Å². The summed E-state index contributed by atoms with van der Waals surface area (Å²) in [5.41, 5.74) is 6.79. The van der Waals surface area contributed by atoms with Gasteiger partial charge in [0.2, 0.25) is 10.0 Å². The summed E-state index contributed by atoms with van der Waals surface area (Å²) in [6.07, 6.45) is 0.558. The molecule has 0 heterocycles. The van der Waals surface area contributed by atoms with Gasteiger partial charge in [-0.05, 0) is 38.6 Å². The van der Waals surface area contributed by atoms with Crippen LogP contribution in [0.1, 0.15) is 13.3 Å². The highest BCUT2D eigenvalue weighted by Crippen LogP contribution is 2.23. The number of benzene rings is 1. The Kier molecular flexibility index (Phi) is 4.94. The molecule has 0 aliphatic rings. The molecule has 0 radical (unpaired) electrons. The van der Waals surface area contributed by atoms with E-state index in [0.29, 0.717) is 17.8 Å². The molecule has 1 rings (SSSR count). The zero-order valence-electron chi connectivity index (χ0n) is 10.5. The molecule has 1 aromatic rings. The fraction of sp³-hybridized carbons (Fsp3) is 0.455. The molecule has 0 saturated heterocycles. The molecule has 1 atom stereocenters. The highest BCUT2D eigenvalue weighted by atomic mass is 32.2. The maximum atomic E-state index is 11.7. The Morgan fingerprint density at radius 3 is 2.67 bits per heavy atom. The molecule has 0 aliphatic carbocycles. The first-order valence-corrected chi connectivity index (χ1v) is 7.09. The van der Waals surface area contributed by atoms with E-state index >= 15 is 0 Å². The van der Waals surface area contributed by atoms with Crippen molar-refractivity contribution in [1.29, 1.82) is 0 Å². The number of sulfonamides is 1. The number of aliphatic hydroxyl groups is 1. The van der Waals surface area contributed by atoms with Crippen LogP contribution >= 0.6 is 0 Å². The van der Waals surface area contributed by atoms with E-state index in [2.05, 4.69) is 10.0 Å². The second kappa shape index (κ2) is 6.03. The number of nitrogen functional groups attached to an aromatic ring is 1. The Morgan fingerprint density at radius 1 is 1.44 bits per heavy atom. The van der Waals surface area contributed by atoms with Gasteiger partial charge in [0.05, 0.1) is 16.3 Å². The fourth-order valence-electron chi connectivity index (χ4n) is 1.48. The number of rotatable bonds is 6. The van der Waals surface area contributed by atoms with Crippen LogP contribution in [0.15, 0.2) is 23.1 Å². The third kappa shape index (κ3) is 3.59. The van der Waals surface area contributed by atoms with Crippen molar-refractivity contribution in [3.63, 3.8) is 0 Å². The number of hydrogen-bond acceptors (Lipinski definition) is 5. The number of aliphatic hydroxyl groups excluding tert-OH is 1. The SMILES string of the molecule is CNS(=O)(=O)c1ccc(N)c(NC(C)CCO)c1. The van der Waals surface area contributed by atoms with Gasteiger partial charge in [0.25, 0.3) is 0 Å².